The van der Waals surface area contributed by atoms with Crippen LogP contribution in [0.3, 0.4) is 0 Å². The maximum atomic E-state index is 11.7. The zero-order valence-electron chi connectivity index (χ0n) is 10.7. The van der Waals surface area contributed by atoms with E-state index < -0.39 is 5.97 Å². The van der Waals surface area contributed by atoms with Gasteiger partial charge in [0.1, 0.15) is 6.61 Å². The first kappa shape index (κ1) is 15.3. The highest BCUT2D eigenvalue weighted by molar-refractivity contribution is 7.80. The normalized spacial score (nSPS) is 11.4. The summed E-state index contributed by atoms with van der Waals surface area (Å²) in [6.45, 7) is 6.37. The fourth-order valence-electron chi connectivity index (χ4n) is 1.23. The van der Waals surface area contributed by atoms with Crippen molar-refractivity contribution in [3.8, 4) is 0 Å². The Morgan fingerprint density at radius 1 is 1.33 bits per heavy atom. The SMILES string of the molecule is CC(C)(C)OCCOC(=O)c1cc(S)ccc1Cl. The molecule has 18 heavy (non-hydrogen) atoms. The van der Waals surface area contributed by atoms with Gasteiger partial charge < -0.3 is 9.47 Å². The Hall–Kier alpha value is -0.710. The summed E-state index contributed by atoms with van der Waals surface area (Å²) in [7, 11) is 0. The first-order valence-corrected chi connectivity index (χ1v) is 6.42. The van der Waals surface area contributed by atoms with Crippen molar-refractivity contribution in [1.82, 2.24) is 0 Å². The minimum Gasteiger partial charge on any atom is -0.460 e. The summed E-state index contributed by atoms with van der Waals surface area (Å²) in [4.78, 5) is 12.4. The van der Waals surface area contributed by atoms with Gasteiger partial charge in [0.05, 0.1) is 22.8 Å². The number of esters is 1. The third-order valence-electron chi connectivity index (χ3n) is 2.02. The summed E-state index contributed by atoms with van der Waals surface area (Å²) in [5, 5.41) is 0.356. The van der Waals surface area contributed by atoms with Crippen LogP contribution in [-0.2, 0) is 9.47 Å². The van der Waals surface area contributed by atoms with Crippen LogP contribution in [0.5, 0.6) is 0 Å². The lowest BCUT2D eigenvalue weighted by Crippen LogP contribution is -2.22. The molecule has 1 rings (SSSR count). The Morgan fingerprint density at radius 3 is 2.61 bits per heavy atom. The number of benzene rings is 1. The van der Waals surface area contributed by atoms with Crippen LogP contribution in [0.25, 0.3) is 0 Å². The van der Waals surface area contributed by atoms with Crippen LogP contribution in [0, 0.1) is 0 Å². The molecule has 0 amide bonds. The molecular weight excluding hydrogens is 272 g/mol. The van der Waals surface area contributed by atoms with Crippen LogP contribution in [-0.4, -0.2) is 24.8 Å². The lowest BCUT2D eigenvalue weighted by molar-refractivity contribution is -0.0281. The van der Waals surface area contributed by atoms with E-state index in [0.717, 1.165) is 0 Å². The van der Waals surface area contributed by atoms with Crippen LogP contribution in [0.1, 0.15) is 31.1 Å². The number of hydrogen-bond acceptors (Lipinski definition) is 4. The van der Waals surface area contributed by atoms with E-state index in [1.807, 2.05) is 20.8 Å². The molecule has 5 heteroatoms. The van der Waals surface area contributed by atoms with Gasteiger partial charge in [0.15, 0.2) is 0 Å². The zero-order chi connectivity index (χ0) is 13.8. The predicted octanol–water partition coefficient (Wildman–Crippen LogP) is 3.60. The van der Waals surface area contributed by atoms with Gasteiger partial charge in [0.25, 0.3) is 0 Å². The number of carbonyl (C=O) groups excluding carboxylic acids is 1. The van der Waals surface area contributed by atoms with E-state index in [4.69, 9.17) is 21.1 Å². The molecule has 0 N–H and O–H groups in total. The third-order valence-corrected chi connectivity index (χ3v) is 2.63. The molecule has 0 atom stereocenters. The molecule has 0 aliphatic heterocycles. The number of hydrogen-bond donors (Lipinski definition) is 1. The summed E-state index contributed by atoms with van der Waals surface area (Å²) in [6.07, 6.45) is 0. The Balaban J connectivity index is 2.48. The highest BCUT2D eigenvalue weighted by Gasteiger charge is 2.13. The number of carbonyl (C=O) groups is 1. The van der Waals surface area contributed by atoms with Gasteiger partial charge in [-0.05, 0) is 39.0 Å². The molecule has 3 nitrogen and oxygen atoms in total. The van der Waals surface area contributed by atoms with Crippen molar-refractivity contribution in [2.45, 2.75) is 31.3 Å². The quantitative estimate of drug-likeness (QED) is 0.522. The minimum atomic E-state index is -0.464. The maximum Gasteiger partial charge on any atom is 0.339 e. The first-order chi connectivity index (χ1) is 8.29. The molecule has 0 aliphatic rings. The van der Waals surface area contributed by atoms with Crippen LogP contribution >= 0.6 is 24.2 Å². The Morgan fingerprint density at radius 2 is 2.00 bits per heavy atom. The van der Waals surface area contributed by atoms with Gasteiger partial charge in [-0.3, -0.25) is 0 Å². The lowest BCUT2D eigenvalue weighted by atomic mass is 10.2. The van der Waals surface area contributed by atoms with Gasteiger partial charge in [-0.1, -0.05) is 11.6 Å². The second-order valence-electron chi connectivity index (χ2n) is 4.76. The third kappa shape index (κ3) is 5.29. The molecular formula is C13H17ClO3S. The first-order valence-electron chi connectivity index (χ1n) is 5.59. The lowest BCUT2D eigenvalue weighted by Gasteiger charge is -2.19. The van der Waals surface area contributed by atoms with Crippen molar-refractivity contribution in [1.29, 1.82) is 0 Å². The number of halogens is 1. The molecule has 1 aromatic carbocycles. The summed E-state index contributed by atoms with van der Waals surface area (Å²) >= 11 is 10.1. The molecule has 1 aromatic rings. The molecule has 0 saturated carbocycles. The molecule has 0 bridgehead atoms. The summed E-state index contributed by atoms with van der Waals surface area (Å²) in [5.41, 5.74) is 0.0784. The average Bonchev–Trinajstić information content (AvgIpc) is 2.26. The minimum absolute atomic E-state index is 0.198. The van der Waals surface area contributed by atoms with Crippen molar-refractivity contribution in [2.24, 2.45) is 0 Å². The van der Waals surface area contributed by atoms with Crippen LogP contribution in [0.15, 0.2) is 23.1 Å². The number of thiol groups is 1. The van der Waals surface area contributed by atoms with E-state index >= 15 is 0 Å². The van der Waals surface area contributed by atoms with Crippen molar-refractivity contribution >= 4 is 30.2 Å². The zero-order valence-corrected chi connectivity index (χ0v) is 12.3. The molecule has 100 valence electrons. The van der Waals surface area contributed by atoms with E-state index in [2.05, 4.69) is 12.6 Å². The Bertz CT molecular complexity index is 427. The fourth-order valence-corrected chi connectivity index (χ4v) is 1.63. The van der Waals surface area contributed by atoms with Crippen molar-refractivity contribution in [3.05, 3.63) is 28.8 Å². The van der Waals surface area contributed by atoms with Crippen molar-refractivity contribution in [2.75, 3.05) is 13.2 Å². The second kappa shape index (κ2) is 6.45. The van der Waals surface area contributed by atoms with E-state index in [-0.39, 0.29) is 12.2 Å². The number of rotatable bonds is 4. The fraction of sp³-hybridized carbons (Fsp3) is 0.462. The van der Waals surface area contributed by atoms with Crippen molar-refractivity contribution in [3.63, 3.8) is 0 Å². The highest BCUT2D eigenvalue weighted by atomic mass is 35.5. The van der Waals surface area contributed by atoms with Crippen LogP contribution in [0.4, 0.5) is 0 Å². The van der Waals surface area contributed by atoms with Crippen LogP contribution < -0.4 is 0 Å². The van der Waals surface area contributed by atoms with Gasteiger partial charge in [0.2, 0.25) is 0 Å². The van der Waals surface area contributed by atoms with E-state index in [9.17, 15) is 4.79 Å². The topological polar surface area (TPSA) is 35.5 Å². The van der Waals surface area contributed by atoms with Gasteiger partial charge in [-0.15, -0.1) is 12.6 Å². The second-order valence-corrected chi connectivity index (χ2v) is 5.68. The summed E-state index contributed by atoms with van der Waals surface area (Å²) in [6, 6.07) is 4.91. The largest absolute Gasteiger partial charge is 0.460 e. The molecule has 0 aliphatic carbocycles. The van der Waals surface area contributed by atoms with E-state index in [1.54, 1.807) is 18.2 Å². The smallest absolute Gasteiger partial charge is 0.339 e. The molecule has 0 radical (unpaired) electrons. The van der Waals surface area contributed by atoms with Gasteiger partial charge >= 0.3 is 5.97 Å². The monoisotopic (exact) mass is 288 g/mol. The number of ether oxygens (including phenoxy) is 2. The van der Waals surface area contributed by atoms with Gasteiger partial charge in [-0.2, -0.15) is 0 Å². The molecule has 0 saturated heterocycles. The Labute approximate surface area is 118 Å². The van der Waals surface area contributed by atoms with Gasteiger partial charge in [-0.25, -0.2) is 4.79 Å². The molecule has 0 unspecified atom stereocenters. The summed E-state index contributed by atoms with van der Waals surface area (Å²) < 4.78 is 10.5. The van der Waals surface area contributed by atoms with E-state index in [1.165, 1.54) is 0 Å². The van der Waals surface area contributed by atoms with E-state index in [0.29, 0.717) is 22.1 Å². The molecule has 0 heterocycles. The van der Waals surface area contributed by atoms with Crippen LogP contribution in [0.2, 0.25) is 5.02 Å². The Kier molecular flexibility index (Phi) is 5.50. The molecule has 0 fully saturated rings. The molecule has 0 spiro atoms. The maximum absolute atomic E-state index is 11.7. The average molecular weight is 289 g/mol. The summed E-state index contributed by atoms with van der Waals surface area (Å²) in [5.74, 6) is -0.464. The van der Waals surface area contributed by atoms with Gasteiger partial charge in [0, 0.05) is 4.90 Å². The van der Waals surface area contributed by atoms with Crippen molar-refractivity contribution < 1.29 is 14.3 Å². The standard InChI is InChI=1S/C13H17ClO3S/c1-13(2,3)17-7-6-16-12(15)10-8-9(18)4-5-11(10)14/h4-5,8,18H,6-7H2,1-3H3. The molecule has 0 aromatic heterocycles. The highest BCUT2D eigenvalue weighted by Crippen LogP contribution is 2.20. The predicted molar refractivity (Wildman–Crippen MR) is 74.7 cm³/mol.